The van der Waals surface area contributed by atoms with E-state index in [0.29, 0.717) is 12.8 Å². The van der Waals surface area contributed by atoms with E-state index in [1.807, 2.05) is 0 Å². The molecular weight excluding hydrogens is 828 g/mol. The van der Waals surface area contributed by atoms with Crippen molar-refractivity contribution in [3.8, 4) is 0 Å². The third-order valence-electron chi connectivity index (χ3n) is 11.8. The number of ether oxygens (including phenoxy) is 2. The maximum Gasteiger partial charge on any atom is 0.472 e. The van der Waals surface area contributed by atoms with Crippen LogP contribution in [0.3, 0.4) is 0 Å². The Hall–Kier alpha value is -1.67. The Kier molecular flexibility index (Phi) is 37.2. The zero-order chi connectivity index (χ0) is 46.4. The summed E-state index contributed by atoms with van der Waals surface area (Å²) in [5, 5.41) is 50.2. The van der Waals surface area contributed by atoms with Gasteiger partial charge in [0.15, 0.2) is 6.10 Å². The summed E-state index contributed by atoms with van der Waals surface area (Å²) in [6.07, 6.45) is 30.8. The number of phosphoric ester groups is 1. The summed E-state index contributed by atoms with van der Waals surface area (Å²) in [4.78, 5) is 35.8. The van der Waals surface area contributed by atoms with E-state index in [9.17, 15) is 44.6 Å². The summed E-state index contributed by atoms with van der Waals surface area (Å²) >= 11 is 0. The van der Waals surface area contributed by atoms with Gasteiger partial charge < -0.3 is 39.9 Å². The molecule has 1 aliphatic rings. The quantitative estimate of drug-likeness (QED) is 0.0146. The molecule has 6 unspecified atom stereocenters. The van der Waals surface area contributed by atoms with Crippen LogP contribution in [0.25, 0.3) is 0 Å². The maximum absolute atomic E-state index is 12.8. The summed E-state index contributed by atoms with van der Waals surface area (Å²) in [5.41, 5.74) is 0. The highest BCUT2D eigenvalue weighted by Gasteiger charge is 2.51. The zero-order valence-electron chi connectivity index (χ0n) is 39.4. The molecule has 14 heteroatoms. The van der Waals surface area contributed by atoms with Crippen LogP contribution in [-0.4, -0.2) is 98.3 Å². The number of carbonyl (C=O) groups excluding carboxylic acids is 2. The van der Waals surface area contributed by atoms with Crippen LogP contribution in [0.2, 0.25) is 0 Å². The Labute approximate surface area is 381 Å². The summed E-state index contributed by atoms with van der Waals surface area (Å²) < 4.78 is 33.6. The van der Waals surface area contributed by atoms with E-state index in [1.54, 1.807) is 0 Å². The molecule has 0 aromatic heterocycles. The van der Waals surface area contributed by atoms with E-state index in [2.05, 4.69) is 38.2 Å². The summed E-state index contributed by atoms with van der Waals surface area (Å²) in [5.74, 6) is -1.09. The monoisotopic (exact) mass is 919 g/mol. The van der Waals surface area contributed by atoms with Gasteiger partial charge in [0.05, 0.1) is 6.61 Å². The van der Waals surface area contributed by atoms with Gasteiger partial charge in [-0.3, -0.25) is 18.6 Å². The van der Waals surface area contributed by atoms with Crippen molar-refractivity contribution in [2.24, 2.45) is 0 Å². The van der Waals surface area contributed by atoms with E-state index in [0.717, 1.165) is 57.8 Å². The van der Waals surface area contributed by atoms with Crippen molar-refractivity contribution in [1.82, 2.24) is 0 Å². The first-order chi connectivity index (χ1) is 30.4. The van der Waals surface area contributed by atoms with E-state index in [4.69, 9.17) is 18.5 Å². The van der Waals surface area contributed by atoms with E-state index in [-0.39, 0.29) is 12.8 Å². The molecule has 0 heterocycles. The molecule has 1 rings (SSSR count). The molecule has 370 valence electrons. The lowest BCUT2D eigenvalue weighted by Gasteiger charge is -2.41. The van der Waals surface area contributed by atoms with Crippen molar-refractivity contribution >= 4 is 19.8 Å². The third-order valence-corrected chi connectivity index (χ3v) is 12.8. The predicted molar refractivity (Wildman–Crippen MR) is 249 cm³/mol. The Bertz CT molecular complexity index is 1200. The number of phosphoric acid groups is 1. The number of unbranched alkanes of at least 4 members (excludes halogenated alkanes) is 26. The predicted octanol–water partition coefficient (Wildman–Crippen LogP) is 10.4. The van der Waals surface area contributed by atoms with Gasteiger partial charge in [-0.1, -0.05) is 186 Å². The maximum atomic E-state index is 12.8. The lowest BCUT2D eigenvalue weighted by atomic mass is 9.85. The minimum Gasteiger partial charge on any atom is -0.462 e. The molecule has 0 radical (unpaired) electrons. The number of hydrogen-bond donors (Lipinski definition) is 6. The highest BCUT2D eigenvalue weighted by atomic mass is 31.2. The Balaban J connectivity index is 2.41. The SMILES string of the molecule is CCCCC/C=C/C/C=C/CCCCCCCCCCCC(=O)O[C@H](COC(=O)CCCCCCCCCCCCCCCCC)COP(=O)(O)OC1C(O)C(O)C(O)[C@@H](O)C1O. The highest BCUT2D eigenvalue weighted by molar-refractivity contribution is 7.47. The van der Waals surface area contributed by atoms with Gasteiger partial charge in [0.1, 0.15) is 43.2 Å². The molecule has 0 aromatic carbocycles. The zero-order valence-corrected chi connectivity index (χ0v) is 40.3. The number of esters is 2. The van der Waals surface area contributed by atoms with Gasteiger partial charge in [0, 0.05) is 12.8 Å². The van der Waals surface area contributed by atoms with Crippen molar-refractivity contribution in [2.45, 2.75) is 262 Å². The van der Waals surface area contributed by atoms with Gasteiger partial charge in [-0.2, -0.15) is 0 Å². The average molecular weight is 919 g/mol. The van der Waals surface area contributed by atoms with E-state index in [1.165, 1.54) is 122 Å². The third kappa shape index (κ3) is 31.8. The molecule has 0 aromatic rings. The topological polar surface area (TPSA) is 210 Å². The molecule has 63 heavy (non-hydrogen) atoms. The first kappa shape index (κ1) is 59.3. The number of aliphatic hydroxyl groups excluding tert-OH is 5. The second-order valence-corrected chi connectivity index (χ2v) is 19.1. The van der Waals surface area contributed by atoms with E-state index >= 15 is 0 Å². The van der Waals surface area contributed by atoms with Crippen molar-refractivity contribution in [2.75, 3.05) is 13.2 Å². The lowest BCUT2D eigenvalue weighted by Crippen LogP contribution is -2.64. The number of rotatable bonds is 42. The van der Waals surface area contributed by atoms with Crippen molar-refractivity contribution in [3.63, 3.8) is 0 Å². The molecular formula is C49H91O13P. The van der Waals surface area contributed by atoms with Crippen LogP contribution >= 0.6 is 7.82 Å². The molecule has 0 aliphatic heterocycles. The van der Waals surface area contributed by atoms with Crippen molar-refractivity contribution < 1.29 is 63.1 Å². The first-order valence-corrected chi connectivity index (χ1v) is 26.6. The molecule has 0 amide bonds. The molecule has 0 saturated heterocycles. The minimum absolute atomic E-state index is 0.0948. The fourth-order valence-corrected chi connectivity index (χ4v) is 8.70. The highest BCUT2D eigenvalue weighted by Crippen LogP contribution is 2.47. The Morgan fingerprint density at radius 3 is 1.32 bits per heavy atom. The van der Waals surface area contributed by atoms with Crippen molar-refractivity contribution in [3.05, 3.63) is 24.3 Å². The number of aliphatic hydroxyl groups is 5. The Morgan fingerprint density at radius 1 is 0.492 bits per heavy atom. The van der Waals surface area contributed by atoms with Crippen LogP contribution in [0.4, 0.5) is 0 Å². The van der Waals surface area contributed by atoms with Crippen LogP contribution in [-0.2, 0) is 32.7 Å². The van der Waals surface area contributed by atoms with Crippen LogP contribution in [0.1, 0.15) is 219 Å². The Morgan fingerprint density at radius 2 is 0.857 bits per heavy atom. The lowest BCUT2D eigenvalue weighted by molar-refractivity contribution is -0.220. The van der Waals surface area contributed by atoms with Gasteiger partial charge >= 0.3 is 19.8 Å². The normalized spacial score (nSPS) is 21.8. The smallest absolute Gasteiger partial charge is 0.462 e. The average Bonchev–Trinajstić information content (AvgIpc) is 3.26. The molecule has 6 N–H and O–H groups in total. The van der Waals surface area contributed by atoms with Crippen LogP contribution in [0, 0.1) is 0 Å². The number of allylic oxidation sites excluding steroid dienone is 4. The molecule has 0 spiro atoms. The largest absolute Gasteiger partial charge is 0.472 e. The van der Waals surface area contributed by atoms with Gasteiger partial charge in [0.25, 0.3) is 0 Å². The van der Waals surface area contributed by atoms with Gasteiger partial charge in [-0.15, -0.1) is 0 Å². The van der Waals surface area contributed by atoms with Crippen LogP contribution in [0.5, 0.6) is 0 Å². The first-order valence-electron chi connectivity index (χ1n) is 25.1. The summed E-state index contributed by atoms with van der Waals surface area (Å²) in [6.45, 7) is 3.30. The molecule has 1 saturated carbocycles. The molecule has 1 fully saturated rings. The van der Waals surface area contributed by atoms with Gasteiger partial charge in [-0.25, -0.2) is 4.57 Å². The fourth-order valence-electron chi connectivity index (χ4n) is 7.73. The van der Waals surface area contributed by atoms with Crippen LogP contribution < -0.4 is 0 Å². The van der Waals surface area contributed by atoms with E-state index < -0.39 is 75.7 Å². The second-order valence-electron chi connectivity index (χ2n) is 17.7. The molecule has 0 bridgehead atoms. The minimum atomic E-state index is -5.12. The summed E-state index contributed by atoms with van der Waals surface area (Å²) in [7, 11) is -5.12. The van der Waals surface area contributed by atoms with Gasteiger partial charge in [-0.05, 0) is 44.9 Å². The fraction of sp³-hybridized carbons (Fsp3) is 0.878. The molecule has 13 nitrogen and oxygen atoms in total. The molecule has 1 aliphatic carbocycles. The number of carbonyl (C=O) groups is 2. The standard InChI is InChI=1S/C49H91O13P/c1-3-5-7-9-11-13-15-17-19-20-21-22-24-26-28-30-32-34-36-38-43(51)61-41(40-60-63(57,58)62-49-47(55)45(53)44(52)46(54)48(49)56)39-59-42(50)37-35-33-31-29-27-25-23-18-16-14-12-10-8-6-4-2/h11,13,17,19,41,44-49,52-56H,3-10,12,14-16,18,20-40H2,1-2H3,(H,57,58)/b13-11+,19-17+/t41-,44?,45-,46?,47?,48?,49?/m1/s1. The van der Waals surface area contributed by atoms with Crippen LogP contribution in [0.15, 0.2) is 24.3 Å². The summed E-state index contributed by atoms with van der Waals surface area (Å²) in [6, 6.07) is 0. The second kappa shape index (κ2) is 39.5. The van der Waals surface area contributed by atoms with Crippen molar-refractivity contribution in [1.29, 1.82) is 0 Å². The number of hydrogen-bond acceptors (Lipinski definition) is 12. The van der Waals surface area contributed by atoms with Gasteiger partial charge in [0.2, 0.25) is 0 Å². The molecule has 8 atom stereocenters.